The maximum absolute atomic E-state index is 11.7. The van der Waals surface area contributed by atoms with E-state index in [4.69, 9.17) is 10.5 Å². The average molecular weight is 237 g/mol. The van der Waals surface area contributed by atoms with Crippen molar-refractivity contribution in [2.75, 3.05) is 38.0 Å². The Balaban J connectivity index is 2.77. The van der Waals surface area contributed by atoms with Gasteiger partial charge >= 0.3 is 0 Å². The minimum Gasteiger partial charge on any atom is -0.383 e. The largest absolute Gasteiger partial charge is 0.383 e. The molecule has 0 radical (unpaired) electrons. The molecule has 1 aromatic rings. The number of amides is 1. The van der Waals surface area contributed by atoms with E-state index in [9.17, 15) is 4.79 Å². The van der Waals surface area contributed by atoms with E-state index in [1.807, 2.05) is 43.3 Å². The molecule has 0 aliphatic carbocycles. The van der Waals surface area contributed by atoms with Gasteiger partial charge in [0.1, 0.15) is 6.04 Å². The summed E-state index contributed by atoms with van der Waals surface area (Å²) in [4.78, 5) is 13.7. The van der Waals surface area contributed by atoms with E-state index in [0.717, 1.165) is 11.4 Å². The predicted molar refractivity (Wildman–Crippen MR) is 69.3 cm³/mol. The first-order valence-electron chi connectivity index (χ1n) is 5.38. The Labute approximate surface area is 102 Å². The van der Waals surface area contributed by atoms with E-state index in [0.29, 0.717) is 0 Å². The highest BCUT2D eigenvalue weighted by Crippen LogP contribution is 2.23. The highest BCUT2D eigenvalue weighted by Gasteiger charge is 2.14. The summed E-state index contributed by atoms with van der Waals surface area (Å²) in [5.41, 5.74) is 7.33. The van der Waals surface area contributed by atoms with Gasteiger partial charge in [-0.15, -0.1) is 0 Å². The molecule has 0 fully saturated rings. The molecular weight excluding hydrogens is 218 g/mol. The third kappa shape index (κ3) is 3.72. The summed E-state index contributed by atoms with van der Waals surface area (Å²) < 4.78 is 4.84. The van der Waals surface area contributed by atoms with Crippen LogP contribution in [0.1, 0.15) is 0 Å². The van der Waals surface area contributed by atoms with Crippen LogP contribution in [-0.4, -0.2) is 39.8 Å². The summed E-state index contributed by atoms with van der Waals surface area (Å²) in [7, 11) is 5.35. The molecule has 17 heavy (non-hydrogen) atoms. The zero-order chi connectivity index (χ0) is 12.8. The second-order valence-electron chi connectivity index (χ2n) is 3.96. The van der Waals surface area contributed by atoms with Crippen molar-refractivity contribution in [3.05, 3.63) is 24.3 Å². The van der Waals surface area contributed by atoms with E-state index in [1.165, 1.54) is 7.11 Å². The second-order valence-corrected chi connectivity index (χ2v) is 3.96. The number of carbonyl (C=O) groups is 1. The molecule has 5 heteroatoms. The van der Waals surface area contributed by atoms with Crippen molar-refractivity contribution in [3.63, 3.8) is 0 Å². The molecule has 3 N–H and O–H groups in total. The van der Waals surface area contributed by atoms with E-state index < -0.39 is 6.04 Å². The van der Waals surface area contributed by atoms with Crippen molar-refractivity contribution in [1.29, 1.82) is 0 Å². The molecule has 0 bridgehead atoms. The quantitative estimate of drug-likeness (QED) is 0.789. The number of nitrogens with two attached hydrogens (primary N) is 1. The summed E-state index contributed by atoms with van der Waals surface area (Å²) in [5, 5.41) is 2.79. The van der Waals surface area contributed by atoms with Crippen LogP contribution >= 0.6 is 0 Å². The Morgan fingerprint density at radius 3 is 2.71 bits per heavy atom. The van der Waals surface area contributed by atoms with Crippen LogP contribution in [0, 0.1) is 0 Å². The van der Waals surface area contributed by atoms with Crippen molar-refractivity contribution in [2.24, 2.45) is 5.73 Å². The molecule has 5 nitrogen and oxygen atoms in total. The maximum Gasteiger partial charge on any atom is 0.243 e. The maximum atomic E-state index is 11.7. The van der Waals surface area contributed by atoms with Gasteiger partial charge in [-0.1, -0.05) is 12.1 Å². The van der Waals surface area contributed by atoms with Gasteiger partial charge < -0.3 is 20.7 Å². The van der Waals surface area contributed by atoms with E-state index >= 15 is 0 Å². The van der Waals surface area contributed by atoms with Crippen LogP contribution in [0.25, 0.3) is 0 Å². The molecule has 1 rings (SSSR count). The Kier molecular flexibility index (Phi) is 4.93. The lowest BCUT2D eigenvalue weighted by Crippen LogP contribution is -2.39. The highest BCUT2D eigenvalue weighted by atomic mass is 16.5. The molecule has 0 aliphatic heterocycles. The number of nitrogens with zero attached hydrogens (tertiary/aromatic N) is 1. The number of nitrogens with one attached hydrogen (secondary N) is 1. The summed E-state index contributed by atoms with van der Waals surface area (Å²) in [6.07, 6.45) is 0. The van der Waals surface area contributed by atoms with Crippen LogP contribution in [0.5, 0.6) is 0 Å². The number of para-hydroxylation sites is 2. The van der Waals surface area contributed by atoms with Crippen LogP contribution in [0.2, 0.25) is 0 Å². The molecule has 94 valence electrons. The smallest absolute Gasteiger partial charge is 0.243 e. The van der Waals surface area contributed by atoms with E-state index in [2.05, 4.69) is 5.32 Å². The molecule has 0 heterocycles. The third-order valence-electron chi connectivity index (χ3n) is 2.33. The third-order valence-corrected chi connectivity index (χ3v) is 2.33. The lowest BCUT2D eigenvalue weighted by molar-refractivity contribution is -0.118. The molecular formula is C12H19N3O2. The van der Waals surface area contributed by atoms with Gasteiger partial charge in [0.25, 0.3) is 0 Å². The molecule has 0 saturated heterocycles. The summed E-state index contributed by atoms with van der Waals surface area (Å²) >= 11 is 0. The lowest BCUT2D eigenvalue weighted by Gasteiger charge is -2.19. The van der Waals surface area contributed by atoms with Crippen LogP contribution in [0.4, 0.5) is 11.4 Å². The monoisotopic (exact) mass is 237 g/mol. The number of carbonyl (C=O) groups excluding carboxylic acids is 1. The molecule has 0 saturated carbocycles. The van der Waals surface area contributed by atoms with Gasteiger partial charge in [0.2, 0.25) is 5.91 Å². The Hall–Kier alpha value is -1.59. The van der Waals surface area contributed by atoms with Gasteiger partial charge in [-0.2, -0.15) is 0 Å². The van der Waals surface area contributed by atoms with Crippen LogP contribution in [-0.2, 0) is 9.53 Å². The summed E-state index contributed by atoms with van der Waals surface area (Å²) in [6.45, 7) is 0.204. The van der Waals surface area contributed by atoms with Crippen molar-refractivity contribution >= 4 is 17.3 Å². The minimum atomic E-state index is -0.657. The van der Waals surface area contributed by atoms with Gasteiger partial charge in [0.05, 0.1) is 18.0 Å². The number of rotatable bonds is 5. The summed E-state index contributed by atoms with van der Waals surface area (Å²) in [6, 6.07) is 6.89. The Morgan fingerprint density at radius 2 is 2.12 bits per heavy atom. The molecule has 1 atom stereocenters. The normalized spacial score (nSPS) is 12.0. The van der Waals surface area contributed by atoms with Crippen molar-refractivity contribution in [2.45, 2.75) is 6.04 Å². The molecule has 1 unspecified atom stereocenters. The Bertz CT molecular complexity index is 380. The fraction of sp³-hybridized carbons (Fsp3) is 0.417. The SMILES string of the molecule is COCC(N)C(=O)Nc1ccccc1N(C)C. The zero-order valence-electron chi connectivity index (χ0n) is 10.4. The number of hydrogen-bond donors (Lipinski definition) is 2. The van der Waals surface area contributed by atoms with Gasteiger partial charge in [-0.25, -0.2) is 0 Å². The van der Waals surface area contributed by atoms with Crippen LogP contribution < -0.4 is 16.0 Å². The van der Waals surface area contributed by atoms with Gasteiger partial charge in [-0.3, -0.25) is 4.79 Å². The van der Waals surface area contributed by atoms with Crippen molar-refractivity contribution < 1.29 is 9.53 Å². The number of ether oxygens (including phenoxy) is 1. The summed E-state index contributed by atoms with van der Waals surface area (Å²) in [5.74, 6) is -0.249. The number of benzene rings is 1. The second kappa shape index (κ2) is 6.22. The molecule has 0 aliphatic rings. The van der Waals surface area contributed by atoms with Gasteiger partial charge in [0, 0.05) is 21.2 Å². The van der Waals surface area contributed by atoms with Gasteiger partial charge in [0.15, 0.2) is 0 Å². The standard InChI is InChI=1S/C12H19N3O2/c1-15(2)11-7-5-4-6-10(11)14-12(16)9(13)8-17-3/h4-7,9H,8,13H2,1-3H3,(H,14,16). The molecule has 0 spiro atoms. The van der Waals surface area contributed by atoms with E-state index in [-0.39, 0.29) is 12.5 Å². The predicted octanol–water partition coefficient (Wildman–Crippen LogP) is 0.665. The number of methoxy groups -OCH3 is 1. The molecule has 1 amide bonds. The van der Waals surface area contributed by atoms with Gasteiger partial charge in [-0.05, 0) is 12.1 Å². The fourth-order valence-corrected chi connectivity index (χ4v) is 1.45. The average Bonchev–Trinajstić information content (AvgIpc) is 2.29. The first-order valence-corrected chi connectivity index (χ1v) is 5.38. The topological polar surface area (TPSA) is 67.6 Å². The Morgan fingerprint density at radius 1 is 1.47 bits per heavy atom. The van der Waals surface area contributed by atoms with Crippen molar-refractivity contribution in [1.82, 2.24) is 0 Å². The minimum absolute atomic E-state index is 0.204. The fourth-order valence-electron chi connectivity index (χ4n) is 1.45. The van der Waals surface area contributed by atoms with Crippen molar-refractivity contribution in [3.8, 4) is 0 Å². The highest BCUT2D eigenvalue weighted by molar-refractivity contribution is 5.97. The first-order chi connectivity index (χ1) is 8.06. The lowest BCUT2D eigenvalue weighted by atomic mass is 10.2. The van der Waals surface area contributed by atoms with Crippen LogP contribution in [0.3, 0.4) is 0 Å². The molecule has 0 aromatic heterocycles. The number of anilines is 2. The van der Waals surface area contributed by atoms with E-state index in [1.54, 1.807) is 0 Å². The first kappa shape index (κ1) is 13.5. The van der Waals surface area contributed by atoms with Crippen LogP contribution in [0.15, 0.2) is 24.3 Å². The number of hydrogen-bond acceptors (Lipinski definition) is 4. The molecule has 1 aromatic carbocycles. The zero-order valence-corrected chi connectivity index (χ0v) is 10.4.